The molecule has 2 aromatic rings. The molecule has 2 amide bonds. The van der Waals surface area contributed by atoms with Crippen molar-refractivity contribution in [2.75, 3.05) is 51.6 Å². The van der Waals surface area contributed by atoms with Gasteiger partial charge in [0.05, 0.1) is 13.1 Å². The standard InChI is InChI=1S/C23H31N5O2/c1-18-8-9-24-21(14-18)25-22(29)16-26(3)17-23(30)28-12-10-27(11-13-28)15-20-7-5-4-6-19(20)2/h4-9,14H,10-13,15-17H2,1-3H3,(H,24,25,29). The van der Waals surface area contributed by atoms with Gasteiger partial charge >= 0.3 is 0 Å². The minimum absolute atomic E-state index is 0.0644. The van der Waals surface area contributed by atoms with Crippen molar-refractivity contribution in [2.24, 2.45) is 0 Å². The number of hydrogen-bond donors (Lipinski definition) is 1. The van der Waals surface area contributed by atoms with E-state index in [-0.39, 0.29) is 24.9 Å². The fraction of sp³-hybridized carbons (Fsp3) is 0.435. The maximum atomic E-state index is 12.6. The molecule has 0 aliphatic carbocycles. The number of nitrogens with one attached hydrogen (secondary N) is 1. The summed E-state index contributed by atoms with van der Waals surface area (Å²) in [5, 5.41) is 2.78. The van der Waals surface area contributed by atoms with E-state index in [4.69, 9.17) is 0 Å². The number of anilines is 1. The third-order valence-corrected chi connectivity index (χ3v) is 5.38. The summed E-state index contributed by atoms with van der Waals surface area (Å²) in [4.78, 5) is 35.0. The van der Waals surface area contributed by atoms with E-state index in [1.165, 1.54) is 11.1 Å². The van der Waals surface area contributed by atoms with E-state index in [1.807, 2.05) is 24.0 Å². The monoisotopic (exact) mass is 409 g/mol. The van der Waals surface area contributed by atoms with Crippen molar-refractivity contribution < 1.29 is 9.59 Å². The number of likely N-dealkylation sites (N-methyl/N-ethyl adjacent to an activating group) is 1. The van der Waals surface area contributed by atoms with Crippen LogP contribution in [-0.2, 0) is 16.1 Å². The number of pyridine rings is 1. The Morgan fingerprint density at radius 1 is 1.07 bits per heavy atom. The van der Waals surface area contributed by atoms with Crippen LogP contribution < -0.4 is 5.32 Å². The molecule has 7 nitrogen and oxygen atoms in total. The highest BCUT2D eigenvalue weighted by atomic mass is 16.2. The van der Waals surface area contributed by atoms with Gasteiger partial charge < -0.3 is 10.2 Å². The maximum absolute atomic E-state index is 12.6. The van der Waals surface area contributed by atoms with Crippen LogP contribution in [0.1, 0.15) is 16.7 Å². The second kappa shape index (κ2) is 10.3. The minimum atomic E-state index is -0.175. The third kappa shape index (κ3) is 6.37. The average molecular weight is 410 g/mol. The Balaban J connectivity index is 1.40. The number of piperazine rings is 1. The number of aromatic nitrogens is 1. The van der Waals surface area contributed by atoms with Gasteiger partial charge in [-0.05, 0) is 49.7 Å². The van der Waals surface area contributed by atoms with Crippen LogP contribution in [0, 0.1) is 13.8 Å². The molecule has 1 fully saturated rings. The molecule has 0 unspecified atom stereocenters. The molecule has 3 rings (SSSR count). The topological polar surface area (TPSA) is 68.8 Å². The Kier molecular flexibility index (Phi) is 7.54. The molecule has 1 aliphatic rings. The molecular formula is C23H31N5O2. The molecule has 0 radical (unpaired) electrons. The van der Waals surface area contributed by atoms with Crippen molar-refractivity contribution >= 4 is 17.6 Å². The van der Waals surface area contributed by atoms with Crippen LogP contribution in [0.3, 0.4) is 0 Å². The van der Waals surface area contributed by atoms with Gasteiger partial charge in [-0.3, -0.25) is 19.4 Å². The Morgan fingerprint density at radius 2 is 1.80 bits per heavy atom. The number of aryl methyl sites for hydroxylation is 2. The number of carbonyl (C=O) groups excluding carboxylic acids is 2. The summed E-state index contributed by atoms with van der Waals surface area (Å²) in [5.74, 6) is 0.422. The molecule has 1 aromatic carbocycles. The number of benzene rings is 1. The van der Waals surface area contributed by atoms with Crippen LogP contribution in [0.2, 0.25) is 0 Å². The lowest BCUT2D eigenvalue weighted by atomic mass is 10.1. The van der Waals surface area contributed by atoms with Gasteiger partial charge in [0.2, 0.25) is 11.8 Å². The Labute approximate surface area is 178 Å². The average Bonchev–Trinajstić information content (AvgIpc) is 2.70. The van der Waals surface area contributed by atoms with Crippen LogP contribution in [0.5, 0.6) is 0 Å². The molecule has 0 saturated carbocycles. The normalized spacial score (nSPS) is 14.7. The van der Waals surface area contributed by atoms with Crippen molar-refractivity contribution in [2.45, 2.75) is 20.4 Å². The summed E-state index contributed by atoms with van der Waals surface area (Å²) in [5.41, 5.74) is 3.67. The van der Waals surface area contributed by atoms with Crippen molar-refractivity contribution in [1.29, 1.82) is 0 Å². The van der Waals surface area contributed by atoms with Crippen LogP contribution >= 0.6 is 0 Å². The maximum Gasteiger partial charge on any atom is 0.239 e. The highest BCUT2D eigenvalue weighted by Crippen LogP contribution is 2.13. The smallest absolute Gasteiger partial charge is 0.239 e. The zero-order valence-corrected chi connectivity index (χ0v) is 18.1. The van der Waals surface area contributed by atoms with E-state index in [0.717, 1.165) is 38.3 Å². The van der Waals surface area contributed by atoms with E-state index in [0.29, 0.717) is 5.82 Å². The van der Waals surface area contributed by atoms with Gasteiger partial charge in [-0.1, -0.05) is 24.3 Å². The Morgan fingerprint density at radius 3 is 2.50 bits per heavy atom. The first kappa shape index (κ1) is 21.9. The number of nitrogens with zero attached hydrogens (tertiary/aromatic N) is 4. The van der Waals surface area contributed by atoms with Crippen molar-refractivity contribution in [3.8, 4) is 0 Å². The summed E-state index contributed by atoms with van der Waals surface area (Å²) in [6, 6.07) is 12.1. The van der Waals surface area contributed by atoms with E-state index < -0.39 is 0 Å². The zero-order chi connectivity index (χ0) is 21.5. The molecule has 1 aromatic heterocycles. The quantitative estimate of drug-likeness (QED) is 0.757. The van der Waals surface area contributed by atoms with Gasteiger partial charge in [0, 0.05) is 38.9 Å². The molecule has 1 saturated heterocycles. The number of hydrogen-bond acceptors (Lipinski definition) is 5. The zero-order valence-electron chi connectivity index (χ0n) is 18.1. The van der Waals surface area contributed by atoms with Crippen LogP contribution in [0.4, 0.5) is 5.82 Å². The van der Waals surface area contributed by atoms with Gasteiger partial charge in [-0.25, -0.2) is 4.98 Å². The third-order valence-electron chi connectivity index (χ3n) is 5.38. The van der Waals surface area contributed by atoms with E-state index >= 15 is 0 Å². The first-order valence-electron chi connectivity index (χ1n) is 10.4. The number of amides is 2. The Hall–Kier alpha value is -2.77. The Bertz CT molecular complexity index is 877. The summed E-state index contributed by atoms with van der Waals surface area (Å²) in [7, 11) is 1.79. The highest BCUT2D eigenvalue weighted by Gasteiger charge is 2.22. The molecular weight excluding hydrogens is 378 g/mol. The largest absolute Gasteiger partial charge is 0.339 e. The molecule has 1 aliphatic heterocycles. The molecule has 7 heteroatoms. The second-order valence-corrected chi connectivity index (χ2v) is 8.02. The lowest BCUT2D eigenvalue weighted by molar-refractivity contribution is -0.134. The second-order valence-electron chi connectivity index (χ2n) is 8.02. The van der Waals surface area contributed by atoms with E-state index in [9.17, 15) is 9.59 Å². The SMILES string of the molecule is Cc1ccnc(NC(=O)CN(C)CC(=O)N2CCN(Cc3ccccc3C)CC2)c1. The summed E-state index contributed by atoms with van der Waals surface area (Å²) in [6.45, 7) is 8.55. The van der Waals surface area contributed by atoms with Crippen LogP contribution in [-0.4, -0.2) is 77.8 Å². The van der Waals surface area contributed by atoms with Crippen molar-refractivity contribution in [3.05, 3.63) is 59.3 Å². The number of rotatable bonds is 7. The molecule has 1 N–H and O–H groups in total. The van der Waals surface area contributed by atoms with Crippen LogP contribution in [0.25, 0.3) is 0 Å². The van der Waals surface area contributed by atoms with Gasteiger partial charge in [-0.2, -0.15) is 0 Å². The molecule has 160 valence electrons. The van der Waals surface area contributed by atoms with Gasteiger partial charge in [0.25, 0.3) is 0 Å². The van der Waals surface area contributed by atoms with Crippen molar-refractivity contribution in [3.63, 3.8) is 0 Å². The molecule has 0 spiro atoms. The summed E-state index contributed by atoms with van der Waals surface area (Å²) in [6.07, 6.45) is 1.66. The molecule has 0 atom stereocenters. The highest BCUT2D eigenvalue weighted by molar-refractivity contribution is 5.91. The molecule has 2 heterocycles. The fourth-order valence-corrected chi connectivity index (χ4v) is 3.60. The van der Waals surface area contributed by atoms with Crippen LogP contribution in [0.15, 0.2) is 42.6 Å². The first-order chi connectivity index (χ1) is 14.4. The van der Waals surface area contributed by atoms with Gasteiger partial charge in [0.1, 0.15) is 5.82 Å². The minimum Gasteiger partial charge on any atom is -0.339 e. The first-order valence-corrected chi connectivity index (χ1v) is 10.4. The van der Waals surface area contributed by atoms with Gasteiger partial charge in [0.15, 0.2) is 0 Å². The summed E-state index contributed by atoms with van der Waals surface area (Å²) < 4.78 is 0. The molecule has 0 bridgehead atoms. The lowest BCUT2D eigenvalue weighted by Gasteiger charge is -2.35. The molecule has 30 heavy (non-hydrogen) atoms. The summed E-state index contributed by atoms with van der Waals surface area (Å²) >= 11 is 0. The fourth-order valence-electron chi connectivity index (χ4n) is 3.60. The van der Waals surface area contributed by atoms with E-state index in [2.05, 4.69) is 46.4 Å². The van der Waals surface area contributed by atoms with Crippen molar-refractivity contribution in [1.82, 2.24) is 19.7 Å². The predicted molar refractivity (Wildman–Crippen MR) is 118 cm³/mol. The van der Waals surface area contributed by atoms with E-state index in [1.54, 1.807) is 18.1 Å². The number of carbonyl (C=O) groups is 2. The van der Waals surface area contributed by atoms with Gasteiger partial charge in [-0.15, -0.1) is 0 Å². The lowest BCUT2D eigenvalue weighted by Crippen LogP contribution is -2.51. The predicted octanol–water partition coefficient (Wildman–Crippen LogP) is 1.91.